The molecule has 31 heavy (non-hydrogen) atoms. The number of carbonyl (C=O) groups is 1. The molecule has 7 heteroatoms. The number of likely N-dealkylation sites (tertiary alicyclic amines) is 1. The van der Waals surface area contributed by atoms with Gasteiger partial charge >= 0.3 is 6.03 Å². The quantitative estimate of drug-likeness (QED) is 0.636. The van der Waals surface area contributed by atoms with Crippen molar-refractivity contribution >= 4 is 27.6 Å². The minimum Gasteiger partial charge on any atom is -0.493 e. The van der Waals surface area contributed by atoms with Crippen molar-refractivity contribution in [1.82, 2.24) is 10.2 Å². The molecular weight excluding hydrogens is 458 g/mol. The molecular formula is C24H30BrN3O3. The molecule has 2 aliphatic rings. The van der Waals surface area contributed by atoms with Crippen LogP contribution in [0.3, 0.4) is 0 Å². The van der Waals surface area contributed by atoms with E-state index in [0.29, 0.717) is 6.04 Å². The van der Waals surface area contributed by atoms with Gasteiger partial charge in [0.05, 0.1) is 14.2 Å². The standard InChI is InChI=1S/C24H30BrN3O3/c1-28-12-11-24(16-7-8-20(30-2)21(13-16)31-3)10-9-19(15-22(24)28)27-23(29)26-18-6-4-5-17(25)14-18/h4-8,13-14,19,22H,9-12,15H2,1-3H3,(H2,26,27,29). The molecule has 1 saturated carbocycles. The number of hydrogen-bond acceptors (Lipinski definition) is 4. The molecule has 0 bridgehead atoms. The van der Waals surface area contributed by atoms with Crippen LogP contribution in [-0.2, 0) is 5.41 Å². The first-order valence-corrected chi connectivity index (χ1v) is 11.5. The number of anilines is 1. The summed E-state index contributed by atoms with van der Waals surface area (Å²) in [7, 11) is 5.54. The number of methoxy groups -OCH3 is 2. The monoisotopic (exact) mass is 487 g/mol. The Labute approximate surface area is 192 Å². The second-order valence-electron chi connectivity index (χ2n) is 8.55. The summed E-state index contributed by atoms with van der Waals surface area (Å²) in [6.07, 6.45) is 4.02. The van der Waals surface area contributed by atoms with Crippen LogP contribution in [0.1, 0.15) is 31.2 Å². The number of hydrogen-bond donors (Lipinski definition) is 2. The average Bonchev–Trinajstić information content (AvgIpc) is 3.10. The maximum absolute atomic E-state index is 12.6. The smallest absolute Gasteiger partial charge is 0.319 e. The van der Waals surface area contributed by atoms with Crippen molar-refractivity contribution in [2.24, 2.45) is 0 Å². The zero-order valence-corrected chi connectivity index (χ0v) is 19.9. The summed E-state index contributed by atoms with van der Waals surface area (Å²) < 4.78 is 11.9. The number of carbonyl (C=O) groups excluding carboxylic acids is 1. The summed E-state index contributed by atoms with van der Waals surface area (Å²) >= 11 is 3.44. The Balaban J connectivity index is 1.48. The fourth-order valence-corrected chi connectivity index (χ4v) is 5.71. The molecule has 2 fully saturated rings. The van der Waals surface area contributed by atoms with Crippen LogP contribution in [0, 0.1) is 0 Å². The van der Waals surface area contributed by atoms with Crippen LogP contribution in [0.2, 0.25) is 0 Å². The molecule has 0 aromatic heterocycles. The summed E-state index contributed by atoms with van der Waals surface area (Å²) in [6, 6.07) is 14.3. The van der Waals surface area contributed by atoms with Crippen molar-refractivity contribution in [3.05, 3.63) is 52.5 Å². The Morgan fingerprint density at radius 1 is 1.13 bits per heavy atom. The number of benzene rings is 2. The molecule has 1 heterocycles. The van der Waals surface area contributed by atoms with Crippen molar-refractivity contribution in [3.8, 4) is 11.5 Å². The molecule has 2 aromatic rings. The minimum atomic E-state index is -0.151. The summed E-state index contributed by atoms with van der Waals surface area (Å²) in [5, 5.41) is 6.14. The summed E-state index contributed by atoms with van der Waals surface area (Å²) in [4.78, 5) is 15.0. The van der Waals surface area contributed by atoms with Gasteiger partial charge < -0.3 is 25.0 Å². The lowest BCUT2D eigenvalue weighted by Crippen LogP contribution is -2.52. The van der Waals surface area contributed by atoms with E-state index in [1.807, 2.05) is 30.3 Å². The Hall–Kier alpha value is -2.25. The van der Waals surface area contributed by atoms with E-state index >= 15 is 0 Å². The fraction of sp³-hybridized carbons (Fsp3) is 0.458. The first-order chi connectivity index (χ1) is 14.9. The van der Waals surface area contributed by atoms with Gasteiger partial charge in [-0.05, 0) is 75.2 Å². The van der Waals surface area contributed by atoms with Gasteiger partial charge in [0.25, 0.3) is 0 Å². The number of rotatable bonds is 5. The number of nitrogens with zero attached hydrogens (tertiary/aromatic N) is 1. The van der Waals surface area contributed by atoms with Crippen molar-refractivity contribution in [3.63, 3.8) is 0 Å². The van der Waals surface area contributed by atoms with Crippen LogP contribution >= 0.6 is 15.9 Å². The summed E-state index contributed by atoms with van der Waals surface area (Å²) in [6.45, 7) is 1.05. The lowest BCUT2D eigenvalue weighted by Gasteiger charge is -2.45. The molecule has 2 amide bonds. The van der Waals surface area contributed by atoms with Gasteiger partial charge in [-0.25, -0.2) is 4.79 Å². The largest absolute Gasteiger partial charge is 0.493 e. The van der Waals surface area contributed by atoms with Gasteiger partial charge in [-0.2, -0.15) is 0 Å². The first kappa shape index (κ1) is 22.0. The number of fused-ring (bicyclic) bond motifs is 1. The zero-order valence-electron chi connectivity index (χ0n) is 18.3. The van der Waals surface area contributed by atoms with Gasteiger partial charge in [-0.1, -0.05) is 28.1 Å². The number of likely N-dealkylation sites (N-methyl/N-ethyl adjacent to an activating group) is 1. The van der Waals surface area contributed by atoms with Crippen LogP contribution in [0.4, 0.5) is 10.5 Å². The van der Waals surface area contributed by atoms with Gasteiger partial charge in [0.2, 0.25) is 0 Å². The van der Waals surface area contributed by atoms with Gasteiger partial charge in [0.1, 0.15) is 0 Å². The van der Waals surface area contributed by atoms with Gasteiger partial charge in [0, 0.05) is 27.7 Å². The lowest BCUT2D eigenvalue weighted by atomic mass is 9.65. The van der Waals surface area contributed by atoms with Crippen molar-refractivity contribution < 1.29 is 14.3 Å². The fourth-order valence-electron chi connectivity index (χ4n) is 5.31. The van der Waals surface area contributed by atoms with Crippen LogP contribution in [-0.4, -0.2) is 50.8 Å². The van der Waals surface area contributed by atoms with Gasteiger partial charge in [-0.15, -0.1) is 0 Å². The average molecular weight is 488 g/mol. The predicted octanol–water partition coefficient (Wildman–Crippen LogP) is 4.78. The maximum Gasteiger partial charge on any atom is 0.319 e. The molecule has 0 spiro atoms. The van der Waals surface area contributed by atoms with Crippen molar-refractivity contribution in [1.29, 1.82) is 0 Å². The topological polar surface area (TPSA) is 62.8 Å². The molecule has 0 radical (unpaired) electrons. The van der Waals surface area contributed by atoms with Gasteiger partial charge in [0.15, 0.2) is 11.5 Å². The van der Waals surface area contributed by atoms with E-state index in [1.54, 1.807) is 14.2 Å². The highest BCUT2D eigenvalue weighted by Gasteiger charge is 2.50. The number of urea groups is 1. The zero-order chi connectivity index (χ0) is 22.0. The van der Waals surface area contributed by atoms with Crippen LogP contribution in [0.5, 0.6) is 11.5 Å². The second kappa shape index (κ2) is 9.09. The molecule has 3 unspecified atom stereocenters. The Morgan fingerprint density at radius 2 is 1.94 bits per heavy atom. The maximum atomic E-state index is 12.6. The normalized spacial score (nSPS) is 25.5. The summed E-state index contributed by atoms with van der Waals surface area (Å²) in [5.41, 5.74) is 2.16. The van der Waals surface area contributed by atoms with E-state index in [0.717, 1.165) is 53.9 Å². The second-order valence-corrected chi connectivity index (χ2v) is 9.47. The Kier molecular flexibility index (Phi) is 6.44. The highest BCUT2D eigenvalue weighted by atomic mass is 79.9. The van der Waals surface area contributed by atoms with E-state index in [-0.39, 0.29) is 17.5 Å². The van der Waals surface area contributed by atoms with E-state index in [1.165, 1.54) is 5.56 Å². The van der Waals surface area contributed by atoms with Crippen molar-refractivity contribution in [2.45, 2.75) is 43.2 Å². The van der Waals surface area contributed by atoms with Gasteiger partial charge in [-0.3, -0.25) is 0 Å². The van der Waals surface area contributed by atoms with E-state index in [9.17, 15) is 4.79 Å². The van der Waals surface area contributed by atoms with E-state index in [2.05, 4.69) is 50.6 Å². The molecule has 2 N–H and O–H groups in total. The lowest BCUT2D eigenvalue weighted by molar-refractivity contribution is 0.156. The molecule has 4 rings (SSSR count). The number of nitrogens with one attached hydrogen (secondary N) is 2. The molecule has 6 nitrogen and oxygen atoms in total. The minimum absolute atomic E-state index is 0.0766. The van der Waals surface area contributed by atoms with E-state index < -0.39 is 0 Å². The van der Waals surface area contributed by atoms with Crippen LogP contribution < -0.4 is 20.1 Å². The van der Waals surface area contributed by atoms with E-state index in [4.69, 9.17) is 9.47 Å². The number of ether oxygens (including phenoxy) is 2. The highest BCUT2D eigenvalue weighted by molar-refractivity contribution is 9.10. The molecule has 1 aliphatic carbocycles. The third-order valence-electron chi connectivity index (χ3n) is 6.90. The highest BCUT2D eigenvalue weighted by Crippen LogP contribution is 2.49. The third kappa shape index (κ3) is 4.39. The SMILES string of the molecule is COc1ccc(C23CCC(NC(=O)Nc4cccc(Br)c4)CC2N(C)CC3)cc1OC. The van der Waals surface area contributed by atoms with Crippen molar-refractivity contribution in [2.75, 3.05) is 33.1 Å². The Morgan fingerprint density at radius 3 is 2.68 bits per heavy atom. The predicted molar refractivity (Wildman–Crippen MR) is 126 cm³/mol. The molecule has 1 saturated heterocycles. The molecule has 3 atom stereocenters. The number of amides is 2. The third-order valence-corrected chi connectivity index (χ3v) is 7.40. The molecule has 1 aliphatic heterocycles. The first-order valence-electron chi connectivity index (χ1n) is 10.7. The molecule has 166 valence electrons. The van der Waals surface area contributed by atoms with Crippen LogP contribution in [0.25, 0.3) is 0 Å². The molecule has 2 aromatic carbocycles. The number of halogens is 1. The Bertz CT molecular complexity index is 953. The summed E-state index contributed by atoms with van der Waals surface area (Å²) in [5.74, 6) is 1.53. The van der Waals surface area contributed by atoms with Crippen LogP contribution in [0.15, 0.2) is 46.9 Å².